The third-order valence-electron chi connectivity index (χ3n) is 5.23. The number of carbonyl (C=O) groups is 1. The maximum atomic E-state index is 15.7. The van der Waals surface area contributed by atoms with Gasteiger partial charge in [0.15, 0.2) is 0 Å². The molecular weight excluding hydrogens is 399 g/mol. The molecule has 2 aromatic rings. The maximum absolute atomic E-state index is 15.7. The first kappa shape index (κ1) is 21.0. The second kappa shape index (κ2) is 8.32. The molecule has 1 aromatic heterocycles. The second-order valence-electron chi connectivity index (χ2n) is 6.96. The predicted octanol–water partition coefficient (Wildman–Crippen LogP) is 2.89. The van der Waals surface area contributed by atoms with Crippen molar-refractivity contribution in [1.82, 2.24) is 15.1 Å². The third-order valence-corrected chi connectivity index (χ3v) is 7.53. The van der Waals surface area contributed by atoms with E-state index < -0.39 is 20.8 Å². The largest absolute Gasteiger partial charge is 0.495 e. The van der Waals surface area contributed by atoms with Gasteiger partial charge in [-0.3, -0.25) is 0 Å². The molecule has 0 aliphatic carbocycles. The Labute approximate surface area is 169 Å². The molecule has 29 heavy (non-hydrogen) atoms. The highest BCUT2D eigenvalue weighted by molar-refractivity contribution is 7.92. The highest BCUT2D eigenvalue weighted by atomic mass is 32.2. The average Bonchev–Trinajstić information content (AvgIpc) is 2.74. The van der Waals surface area contributed by atoms with Crippen molar-refractivity contribution in [2.75, 3.05) is 25.5 Å². The van der Waals surface area contributed by atoms with Crippen molar-refractivity contribution in [3.63, 3.8) is 0 Å². The van der Waals surface area contributed by atoms with Gasteiger partial charge in [-0.2, -0.15) is 10.2 Å². The van der Waals surface area contributed by atoms with Gasteiger partial charge < -0.3 is 15.0 Å². The van der Waals surface area contributed by atoms with Crippen LogP contribution in [0, 0.1) is 5.92 Å². The maximum Gasteiger partial charge on any atom is 0.321 e. The van der Waals surface area contributed by atoms with E-state index in [1.165, 1.54) is 42.6 Å². The Morgan fingerprint density at radius 3 is 2.55 bits per heavy atom. The van der Waals surface area contributed by atoms with Crippen molar-refractivity contribution >= 4 is 21.6 Å². The average molecular weight is 422 g/mol. The van der Waals surface area contributed by atoms with Crippen LogP contribution in [0.25, 0.3) is 0 Å². The monoisotopic (exact) mass is 422 g/mol. The normalized spacial score (nSPS) is 17.4. The number of ether oxygens (including phenoxy) is 1. The molecule has 1 aliphatic rings. The van der Waals surface area contributed by atoms with E-state index in [-0.39, 0.29) is 42.6 Å². The Morgan fingerprint density at radius 2 is 1.93 bits per heavy atom. The summed E-state index contributed by atoms with van der Waals surface area (Å²) in [6.45, 7) is 1.59. The van der Waals surface area contributed by atoms with E-state index >= 15 is 4.39 Å². The molecule has 1 aliphatic heterocycles. The summed E-state index contributed by atoms with van der Waals surface area (Å²) in [5.74, 6) is -0.636. The van der Waals surface area contributed by atoms with Gasteiger partial charge in [-0.1, -0.05) is 12.1 Å². The van der Waals surface area contributed by atoms with Gasteiger partial charge in [0.05, 0.1) is 25.2 Å². The molecule has 1 fully saturated rings. The first-order valence-corrected chi connectivity index (χ1v) is 10.6. The lowest BCUT2D eigenvalue weighted by Gasteiger charge is -2.37. The van der Waals surface area contributed by atoms with Gasteiger partial charge in [0.2, 0.25) is 14.8 Å². The number of benzene rings is 1. The van der Waals surface area contributed by atoms with Gasteiger partial charge in [-0.15, -0.1) is 0 Å². The van der Waals surface area contributed by atoms with Crippen LogP contribution in [0.4, 0.5) is 14.9 Å². The highest BCUT2D eigenvalue weighted by Crippen LogP contribution is 2.41. The standard InChI is InChI=1S/C19H23FN4O4S/c1-19(20,29(26,27)17-6-4-3-5-16(17)28-2)14-8-11-24(12-9-14)18(25)23-15-7-10-21-22-13-15/h3-7,10,13-14H,8-9,11-12H2,1-2H3,(H,21,23,25). The van der Waals surface area contributed by atoms with Crippen molar-refractivity contribution < 1.29 is 22.3 Å². The molecule has 10 heteroatoms. The van der Waals surface area contributed by atoms with E-state index in [1.807, 2.05) is 0 Å². The van der Waals surface area contributed by atoms with Crippen LogP contribution >= 0.6 is 0 Å². The number of nitrogens with one attached hydrogen (secondary N) is 1. The molecule has 1 aromatic carbocycles. The van der Waals surface area contributed by atoms with Crippen molar-refractivity contribution in [3.05, 3.63) is 42.7 Å². The molecule has 0 radical (unpaired) electrons. The number of hydrogen-bond acceptors (Lipinski definition) is 6. The van der Waals surface area contributed by atoms with Crippen LogP contribution in [0.3, 0.4) is 0 Å². The Bertz CT molecular complexity index is 961. The molecule has 1 unspecified atom stereocenters. The Kier molecular flexibility index (Phi) is 6.02. The summed E-state index contributed by atoms with van der Waals surface area (Å²) >= 11 is 0. The number of anilines is 1. The molecule has 3 rings (SSSR count). The zero-order valence-electron chi connectivity index (χ0n) is 16.2. The van der Waals surface area contributed by atoms with Crippen molar-refractivity contribution in [2.45, 2.75) is 29.7 Å². The molecule has 0 spiro atoms. The highest BCUT2D eigenvalue weighted by Gasteiger charge is 2.49. The number of nitrogens with zero attached hydrogens (tertiary/aromatic N) is 3. The fraction of sp³-hybridized carbons (Fsp3) is 0.421. The first-order chi connectivity index (χ1) is 13.8. The first-order valence-electron chi connectivity index (χ1n) is 9.16. The van der Waals surface area contributed by atoms with E-state index in [9.17, 15) is 13.2 Å². The summed E-state index contributed by atoms with van der Waals surface area (Å²) in [6.07, 6.45) is 3.33. The molecule has 2 amide bonds. The minimum absolute atomic E-state index is 0.110. The fourth-order valence-electron chi connectivity index (χ4n) is 3.44. The number of hydrogen-bond donors (Lipinski definition) is 1. The minimum Gasteiger partial charge on any atom is -0.495 e. The number of halogens is 1. The van der Waals surface area contributed by atoms with Crippen LogP contribution in [0.2, 0.25) is 0 Å². The van der Waals surface area contributed by atoms with Crippen LogP contribution in [-0.4, -0.2) is 54.7 Å². The molecule has 2 heterocycles. The molecule has 1 atom stereocenters. The van der Waals surface area contributed by atoms with Gasteiger partial charge in [0, 0.05) is 19.0 Å². The van der Waals surface area contributed by atoms with Crippen LogP contribution in [0.5, 0.6) is 5.75 Å². The number of piperidine rings is 1. The zero-order chi connectivity index (χ0) is 21.1. The SMILES string of the molecule is COc1ccccc1S(=O)(=O)C(C)(F)C1CCN(C(=O)Nc2ccnnc2)CC1. The number of para-hydroxylation sites is 1. The molecule has 8 nitrogen and oxygen atoms in total. The topological polar surface area (TPSA) is 101 Å². The number of rotatable bonds is 5. The fourth-order valence-corrected chi connectivity index (χ4v) is 5.22. The summed E-state index contributed by atoms with van der Waals surface area (Å²) in [6, 6.07) is 7.26. The van der Waals surface area contributed by atoms with Crippen molar-refractivity contribution in [1.29, 1.82) is 0 Å². The van der Waals surface area contributed by atoms with Crippen LogP contribution in [-0.2, 0) is 9.84 Å². The number of aromatic nitrogens is 2. The molecular formula is C19H23FN4O4S. The summed E-state index contributed by atoms with van der Waals surface area (Å²) in [5.41, 5.74) is 0.501. The zero-order valence-corrected chi connectivity index (χ0v) is 17.0. The number of carbonyl (C=O) groups excluding carboxylic acids is 1. The number of likely N-dealkylation sites (tertiary alicyclic amines) is 1. The van der Waals surface area contributed by atoms with Gasteiger partial charge >= 0.3 is 6.03 Å². The lowest BCUT2D eigenvalue weighted by Crippen LogP contribution is -2.48. The van der Waals surface area contributed by atoms with Crippen LogP contribution < -0.4 is 10.1 Å². The minimum atomic E-state index is -4.29. The molecule has 0 bridgehead atoms. The van der Waals surface area contributed by atoms with Gasteiger partial charge in [-0.25, -0.2) is 17.6 Å². The van der Waals surface area contributed by atoms with Gasteiger partial charge in [-0.05, 0) is 38.0 Å². The van der Waals surface area contributed by atoms with Gasteiger partial charge in [0.1, 0.15) is 10.6 Å². The van der Waals surface area contributed by atoms with E-state index in [1.54, 1.807) is 12.1 Å². The van der Waals surface area contributed by atoms with Crippen molar-refractivity contribution in [2.24, 2.45) is 5.92 Å². The number of sulfone groups is 1. The quantitative estimate of drug-likeness (QED) is 0.795. The van der Waals surface area contributed by atoms with Crippen LogP contribution in [0.1, 0.15) is 19.8 Å². The summed E-state index contributed by atoms with van der Waals surface area (Å²) in [4.78, 5) is 13.7. The Balaban J connectivity index is 1.70. The van der Waals surface area contributed by atoms with E-state index in [4.69, 9.17) is 4.74 Å². The van der Waals surface area contributed by atoms with Crippen molar-refractivity contribution in [3.8, 4) is 5.75 Å². The number of alkyl halides is 1. The van der Waals surface area contributed by atoms with Gasteiger partial charge in [0.25, 0.3) is 0 Å². The lowest BCUT2D eigenvalue weighted by molar-refractivity contribution is 0.117. The summed E-state index contributed by atoms with van der Waals surface area (Å²) in [7, 11) is -2.95. The third kappa shape index (κ3) is 4.16. The second-order valence-corrected chi connectivity index (χ2v) is 9.21. The summed E-state index contributed by atoms with van der Waals surface area (Å²) < 4.78 is 46.8. The number of urea groups is 1. The number of amides is 2. The Hall–Kier alpha value is -2.75. The Morgan fingerprint density at radius 1 is 1.24 bits per heavy atom. The van der Waals surface area contributed by atoms with E-state index in [0.717, 1.165) is 6.92 Å². The lowest BCUT2D eigenvalue weighted by atomic mass is 9.92. The summed E-state index contributed by atoms with van der Waals surface area (Å²) in [5, 5.41) is 7.53. The molecule has 1 N–H and O–H groups in total. The van der Waals surface area contributed by atoms with E-state index in [2.05, 4.69) is 15.5 Å². The molecule has 1 saturated heterocycles. The molecule has 156 valence electrons. The van der Waals surface area contributed by atoms with E-state index in [0.29, 0.717) is 5.69 Å². The number of methoxy groups -OCH3 is 1. The predicted molar refractivity (Wildman–Crippen MR) is 105 cm³/mol. The smallest absolute Gasteiger partial charge is 0.321 e. The molecule has 0 saturated carbocycles. The van der Waals surface area contributed by atoms with Crippen LogP contribution in [0.15, 0.2) is 47.6 Å².